The lowest BCUT2D eigenvalue weighted by Gasteiger charge is -2.12. The number of benzene rings is 3. The maximum absolute atomic E-state index is 12.4. The van der Waals surface area contributed by atoms with Crippen molar-refractivity contribution in [1.82, 2.24) is 0 Å². The summed E-state index contributed by atoms with van der Waals surface area (Å²) in [6.45, 7) is 0. The molecule has 0 fully saturated rings. The molecule has 0 bridgehead atoms. The first-order valence-electron chi connectivity index (χ1n) is 10.5. The molecule has 3 aromatic rings. The Morgan fingerprint density at radius 1 is 0.727 bits per heavy atom. The highest BCUT2D eigenvalue weighted by Gasteiger charge is 2.12. The van der Waals surface area contributed by atoms with E-state index >= 15 is 0 Å². The van der Waals surface area contributed by atoms with Crippen LogP contribution in [0.15, 0.2) is 72.8 Å². The third-order valence-electron chi connectivity index (χ3n) is 5.13. The van der Waals surface area contributed by atoms with Crippen LogP contribution in [0, 0.1) is 0 Å². The van der Waals surface area contributed by atoms with Crippen LogP contribution in [0.3, 0.4) is 0 Å². The number of carbonyl (C=O) groups excluding carboxylic acids is 1. The minimum Gasteiger partial charge on any atom is -0.496 e. The molecule has 0 aliphatic heterocycles. The highest BCUT2D eigenvalue weighted by atomic mass is 16.5. The molecule has 0 spiro atoms. The van der Waals surface area contributed by atoms with E-state index in [0.717, 1.165) is 16.7 Å². The molecule has 0 N–H and O–H groups in total. The van der Waals surface area contributed by atoms with E-state index in [2.05, 4.69) is 0 Å². The van der Waals surface area contributed by atoms with Crippen LogP contribution in [0.4, 0.5) is 0 Å². The number of ether oxygens (including phenoxy) is 4. The van der Waals surface area contributed by atoms with Gasteiger partial charge in [0.15, 0.2) is 17.3 Å². The van der Waals surface area contributed by atoms with Gasteiger partial charge in [-0.15, -0.1) is 0 Å². The molecule has 0 saturated heterocycles. The van der Waals surface area contributed by atoms with Gasteiger partial charge in [0.25, 0.3) is 0 Å². The third-order valence-corrected chi connectivity index (χ3v) is 5.13. The summed E-state index contributed by atoms with van der Waals surface area (Å²) in [7, 11) is 6.35. The highest BCUT2D eigenvalue weighted by Crippen LogP contribution is 2.38. The molecular formula is C28H28O5. The van der Waals surface area contributed by atoms with E-state index in [1.54, 1.807) is 46.6 Å². The number of rotatable bonds is 10. The molecule has 5 heteroatoms. The van der Waals surface area contributed by atoms with Gasteiger partial charge in [-0.05, 0) is 53.5 Å². The number of methoxy groups -OCH3 is 4. The van der Waals surface area contributed by atoms with Gasteiger partial charge in [-0.2, -0.15) is 0 Å². The molecule has 3 rings (SSSR count). The molecular weight excluding hydrogens is 416 g/mol. The Hall–Kier alpha value is -3.99. The van der Waals surface area contributed by atoms with E-state index in [1.807, 2.05) is 66.8 Å². The maximum Gasteiger partial charge on any atom is 0.203 e. The summed E-state index contributed by atoms with van der Waals surface area (Å²) in [5.41, 5.74) is 3.67. The van der Waals surface area contributed by atoms with Crippen LogP contribution in [-0.4, -0.2) is 34.2 Å². The van der Waals surface area contributed by atoms with Crippen molar-refractivity contribution in [3.8, 4) is 23.0 Å². The van der Waals surface area contributed by atoms with Crippen molar-refractivity contribution < 1.29 is 23.7 Å². The van der Waals surface area contributed by atoms with E-state index in [-0.39, 0.29) is 5.78 Å². The Morgan fingerprint density at radius 3 is 1.94 bits per heavy atom. The van der Waals surface area contributed by atoms with Crippen molar-refractivity contribution in [3.05, 3.63) is 95.1 Å². The number of ketones is 1. The van der Waals surface area contributed by atoms with E-state index in [9.17, 15) is 4.79 Å². The number of hydrogen-bond acceptors (Lipinski definition) is 5. The van der Waals surface area contributed by atoms with Crippen molar-refractivity contribution in [2.45, 2.75) is 6.42 Å². The first kappa shape index (κ1) is 23.7. The van der Waals surface area contributed by atoms with Gasteiger partial charge in [-0.3, -0.25) is 4.79 Å². The standard InChI is InChI=1S/C28H28O5/c1-30-25-11-6-5-9-23(25)24(29)10-7-8-20-12-14-21(15-13-20)16-17-22-18-26(31-2)28(33-4)27(19-22)32-3/h5-7,9-19H,8H2,1-4H3/b10-7-,17-16-. The molecule has 3 aromatic carbocycles. The quantitative estimate of drug-likeness (QED) is 0.222. The van der Waals surface area contributed by atoms with Crippen molar-refractivity contribution in [2.75, 3.05) is 28.4 Å². The molecule has 0 amide bonds. The van der Waals surface area contributed by atoms with Crippen LogP contribution in [0.5, 0.6) is 23.0 Å². The van der Waals surface area contributed by atoms with Gasteiger partial charge in [0.05, 0.1) is 34.0 Å². The zero-order chi connectivity index (χ0) is 23.6. The van der Waals surface area contributed by atoms with E-state index in [4.69, 9.17) is 18.9 Å². The number of carbonyl (C=O) groups is 1. The van der Waals surface area contributed by atoms with E-state index < -0.39 is 0 Å². The van der Waals surface area contributed by atoms with Crippen LogP contribution < -0.4 is 18.9 Å². The number of allylic oxidation sites excluding steroid dienone is 2. The van der Waals surface area contributed by atoms with Crippen LogP contribution in [0.2, 0.25) is 0 Å². The summed E-state index contributed by atoms with van der Waals surface area (Å²) < 4.78 is 21.4. The van der Waals surface area contributed by atoms with Crippen LogP contribution in [0.25, 0.3) is 12.2 Å². The van der Waals surface area contributed by atoms with Gasteiger partial charge >= 0.3 is 0 Å². The Kier molecular flexibility index (Phi) is 8.30. The molecule has 0 aliphatic carbocycles. The largest absolute Gasteiger partial charge is 0.496 e. The second-order valence-electron chi connectivity index (χ2n) is 7.20. The lowest BCUT2D eigenvalue weighted by molar-refractivity contribution is 0.104. The van der Waals surface area contributed by atoms with E-state index in [0.29, 0.717) is 35.0 Å². The topological polar surface area (TPSA) is 54.0 Å². The van der Waals surface area contributed by atoms with Crippen molar-refractivity contribution >= 4 is 17.9 Å². The predicted molar refractivity (Wildman–Crippen MR) is 132 cm³/mol. The van der Waals surface area contributed by atoms with Crippen LogP contribution >= 0.6 is 0 Å². The summed E-state index contributed by atoms with van der Waals surface area (Å²) in [6, 6.07) is 19.2. The average molecular weight is 445 g/mol. The maximum atomic E-state index is 12.4. The normalized spacial score (nSPS) is 11.0. The van der Waals surface area contributed by atoms with Gasteiger partial charge in [-0.25, -0.2) is 0 Å². The Bertz CT molecular complexity index is 1120. The first-order valence-corrected chi connectivity index (χ1v) is 10.5. The predicted octanol–water partition coefficient (Wildman–Crippen LogP) is 5.87. The Labute approximate surface area is 194 Å². The van der Waals surface area contributed by atoms with Crippen LogP contribution in [-0.2, 0) is 6.42 Å². The molecule has 0 saturated carbocycles. The minimum absolute atomic E-state index is 0.0719. The summed E-state index contributed by atoms with van der Waals surface area (Å²) in [5, 5.41) is 0. The second-order valence-corrected chi connectivity index (χ2v) is 7.20. The third kappa shape index (κ3) is 6.04. The van der Waals surface area contributed by atoms with E-state index in [1.165, 1.54) is 0 Å². The molecule has 0 heterocycles. The van der Waals surface area contributed by atoms with Crippen molar-refractivity contribution in [3.63, 3.8) is 0 Å². The van der Waals surface area contributed by atoms with Gasteiger partial charge < -0.3 is 18.9 Å². The van der Waals surface area contributed by atoms with Gasteiger partial charge in [0, 0.05) is 0 Å². The number of para-hydroxylation sites is 1. The Morgan fingerprint density at radius 2 is 1.33 bits per heavy atom. The molecule has 0 aliphatic rings. The molecule has 170 valence electrons. The summed E-state index contributed by atoms with van der Waals surface area (Å²) in [6.07, 6.45) is 8.14. The average Bonchev–Trinajstić information content (AvgIpc) is 2.87. The summed E-state index contributed by atoms with van der Waals surface area (Å²) in [5.74, 6) is 2.30. The fraction of sp³-hybridized carbons (Fsp3) is 0.179. The smallest absolute Gasteiger partial charge is 0.203 e. The van der Waals surface area contributed by atoms with Crippen molar-refractivity contribution in [2.24, 2.45) is 0 Å². The molecule has 33 heavy (non-hydrogen) atoms. The SMILES string of the molecule is COc1ccccc1C(=O)/C=C\Cc1ccc(/C=C\c2cc(OC)c(OC)c(OC)c2)cc1. The van der Waals surface area contributed by atoms with Gasteiger partial charge in [-0.1, -0.05) is 54.6 Å². The summed E-state index contributed by atoms with van der Waals surface area (Å²) >= 11 is 0. The molecule has 0 unspecified atom stereocenters. The lowest BCUT2D eigenvalue weighted by atomic mass is 10.1. The monoisotopic (exact) mass is 444 g/mol. The fourth-order valence-corrected chi connectivity index (χ4v) is 3.39. The number of hydrogen-bond donors (Lipinski definition) is 0. The molecule has 5 nitrogen and oxygen atoms in total. The second kappa shape index (κ2) is 11.6. The zero-order valence-electron chi connectivity index (χ0n) is 19.3. The highest BCUT2D eigenvalue weighted by molar-refractivity contribution is 6.06. The van der Waals surface area contributed by atoms with Crippen molar-refractivity contribution in [1.29, 1.82) is 0 Å². The fourth-order valence-electron chi connectivity index (χ4n) is 3.39. The van der Waals surface area contributed by atoms with Gasteiger partial charge in [0.1, 0.15) is 5.75 Å². The molecule has 0 atom stereocenters. The lowest BCUT2D eigenvalue weighted by Crippen LogP contribution is -1.98. The summed E-state index contributed by atoms with van der Waals surface area (Å²) in [4.78, 5) is 12.4. The Balaban J connectivity index is 1.65. The zero-order valence-corrected chi connectivity index (χ0v) is 19.3. The molecule has 0 aromatic heterocycles. The molecule has 0 radical (unpaired) electrons. The first-order chi connectivity index (χ1) is 16.1. The van der Waals surface area contributed by atoms with Crippen LogP contribution in [0.1, 0.15) is 27.0 Å². The minimum atomic E-state index is -0.0719. The van der Waals surface area contributed by atoms with Gasteiger partial charge in [0.2, 0.25) is 5.75 Å².